The Kier molecular flexibility index (Phi) is 5.87. The highest BCUT2D eigenvalue weighted by Crippen LogP contribution is 2.23. The normalized spacial score (nSPS) is 17.8. The van der Waals surface area contributed by atoms with Crippen LogP contribution in [0.4, 0.5) is 0 Å². The molecule has 1 amide bonds. The molecule has 0 spiro atoms. The van der Waals surface area contributed by atoms with E-state index in [0.29, 0.717) is 10.6 Å². The minimum atomic E-state index is -0.0658. The van der Waals surface area contributed by atoms with Gasteiger partial charge in [-0.3, -0.25) is 4.79 Å². The minimum Gasteiger partial charge on any atom is -0.348 e. The lowest BCUT2D eigenvalue weighted by atomic mass is 10.1. The third-order valence-electron chi connectivity index (χ3n) is 3.54. The van der Waals surface area contributed by atoms with Crippen molar-refractivity contribution >= 4 is 33.4 Å². The van der Waals surface area contributed by atoms with Gasteiger partial charge in [0, 0.05) is 22.6 Å². The van der Waals surface area contributed by atoms with Gasteiger partial charge in [-0.2, -0.15) is 0 Å². The van der Waals surface area contributed by atoms with Gasteiger partial charge in [0.1, 0.15) is 0 Å². The number of amides is 1. The van der Waals surface area contributed by atoms with Gasteiger partial charge in [0.25, 0.3) is 5.91 Å². The number of likely N-dealkylation sites (tertiary alicyclic amines) is 1. The van der Waals surface area contributed by atoms with Crippen molar-refractivity contribution in [2.75, 3.05) is 19.6 Å². The number of hydrogen-bond donors (Lipinski definition) is 1. The highest BCUT2D eigenvalue weighted by molar-refractivity contribution is 9.10. The number of rotatable bonds is 4. The first-order valence-electron chi connectivity index (χ1n) is 7.04. The van der Waals surface area contributed by atoms with E-state index in [1.165, 1.54) is 19.3 Å². The molecule has 1 aromatic rings. The summed E-state index contributed by atoms with van der Waals surface area (Å²) in [6.45, 7) is 5.25. The Morgan fingerprint density at radius 1 is 1.40 bits per heavy atom. The highest BCUT2D eigenvalue weighted by Gasteiger charge is 2.16. The van der Waals surface area contributed by atoms with E-state index >= 15 is 0 Å². The third-order valence-corrected chi connectivity index (χ3v) is 4.77. The van der Waals surface area contributed by atoms with E-state index in [0.717, 1.165) is 24.1 Å². The van der Waals surface area contributed by atoms with Crippen molar-refractivity contribution in [2.24, 2.45) is 0 Å². The Labute approximate surface area is 133 Å². The van der Waals surface area contributed by atoms with E-state index in [2.05, 4.69) is 26.1 Å². The van der Waals surface area contributed by atoms with Crippen LogP contribution in [0.5, 0.6) is 0 Å². The molecular weight excluding hydrogens is 340 g/mol. The van der Waals surface area contributed by atoms with E-state index in [-0.39, 0.29) is 11.9 Å². The molecule has 0 aliphatic carbocycles. The molecule has 1 atom stereocenters. The molecule has 110 valence electrons. The Morgan fingerprint density at radius 3 is 2.75 bits per heavy atom. The molecule has 0 bridgehead atoms. The Balaban J connectivity index is 1.87. The summed E-state index contributed by atoms with van der Waals surface area (Å²) >= 11 is 9.34. The lowest BCUT2D eigenvalue weighted by molar-refractivity contribution is 0.0925. The van der Waals surface area contributed by atoms with Gasteiger partial charge >= 0.3 is 0 Å². The molecule has 1 N–H and O–H groups in total. The molecule has 1 fully saturated rings. The van der Waals surface area contributed by atoms with Crippen molar-refractivity contribution < 1.29 is 4.79 Å². The van der Waals surface area contributed by atoms with Gasteiger partial charge in [-0.15, -0.1) is 0 Å². The first-order valence-corrected chi connectivity index (χ1v) is 8.21. The summed E-state index contributed by atoms with van der Waals surface area (Å²) in [5, 5.41) is 3.59. The molecule has 20 heavy (non-hydrogen) atoms. The maximum Gasteiger partial charge on any atom is 0.251 e. The van der Waals surface area contributed by atoms with Crippen LogP contribution in [-0.2, 0) is 0 Å². The van der Waals surface area contributed by atoms with Gasteiger partial charge in [0.05, 0.1) is 5.02 Å². The number of nitrogens with one attached hydrogen (secondary N) is 1. The van der Waals surface area contributed by atoms with Gasteiger partial charge in [-0.25, -0.2) is 0 Å². The number of nitrogens with zero attached hydrogens (tertiary/aromatic N) is 1. The molecule has 1 aromatic carbocycles. The number of carbonyl (C=O) groups is 1. The number of carbonyl (C=O) groups excluding carboxylic acids is 1. The Bertz CT molecular complexity index is 475. The average Bonchev–Trinajstić information content (AvgIpc) is 2.42. The lowest BCUT2D eigenvalue weighted by Crippen LogP contribution is -2.43. The summed E-state index contributed by atoms with van der Waals surface area (Å²) in [4.78, 5) is 14.6. The van der Waals surface area contributed by atoms with Crippen molar-refractivity contribution in [2.45, 2.75) is 32.2 Å². The number of piperidine rings is 1. The van der Waals surface area contributed by atoms with Gasteiger partial charge in [0.15, 0.2) is 0 Å². The maximum absolute atomic E-state index is 12.2. The molecule has 1 heterocycles. The van der Waals surface area contributed by atoms with Gasteiger partial charge in [-0.05, 0) is 67.0 Å². The SMILES string of the molecule is CC(CN1CCCCC1)NC(=O)c1ccc(Br)c(Cl)c1. The monoisotopic (exact) mass is 358 g/mol. The number of halogens is 2. The Morgan fingerprint density at radius 2 is 2.10 bits per heavy atom. The summed E-state index contributed by atoms with van der Waals surface area (Å²) in [5.41, 5.74) is 0.601. The van der Waals surface area contributed by atoms with Crippen LogP contribution in [0.1, 0.15) is 36.5 Å². The first-order chi connectivity index (χ1) is 9.56. The van der Waals surface area contributed by atoms with E-state index in [1.54, 1.807) is 18.2 Å². The van der Waals surface area contributed by atoms with E-state index in [4.69, 9.17) is 11.6 Å². The van der Waals surface area contributed by atoms with Crippen molar-refractivity contribution in [1.82, 2.24) is 10.2 Å². The van der Waals surface area contributed by atoms with Crippen LogP contribution in [0, 0.1) is 0 Å². The van der Waals surface area contributed by atoms with Crippen molar-refractivity contribution in [3.8, 4) is 0 Å². The van der Waals surface area contributed by atoms with Crippen LogP contribution in [0.3, 0.4) is 0 Å². The summed E-state index contributed by atoms with van der Waals surface area (Å²) in [6.07, 6.45) is 3.86. The van der Waals surface area contributed by atoms with E-state index in [9.17, 15) is 4.79 Å². The molecule has 1 aliphatic rings. The predicted octanol–water partition coefficient (Wildman–Crippen LogP) is 3.71. The molecule has 5 heteroatoms. The van der Waals surface area contributed by atoms with Crippen LogP contribution in [-0.4, -0.2) is 36.5 Å². The zero-order valence-electron chi connectivity index (χ0n) is 11.7. The molecule has 2 rings (SSSR count). The minimum absolute atomic E-state index is 0.0658. The quantitative estimate of drug-likeness (QED) is 0.889. The molecule has 1 unspecified atom stereocenters. The fourth-order valence-corrected chi connectivity index (χ4v) is 2.95. The zero-order valence-corrected chi connectivity index (χ0v) is 14.0. The first kappa shape index (κ1) is 15.8. The van der Waals surface area contributed by atoms with Crippen molar-refractivity contribution in [3.63, 3.8) is 0 Å². The molecule has 0 radical (unpaired) electrons. The molecule has 1 aliphatic heterocycles. The molecule has 0 saturated carbocycles. The number of hydrogen-bond acceptors (Lipinski definition) is 2. The van der Waals surface area contributed by atoms with Crippen LogP contribution in [0.2, 0.25) is 5.02 Å². The van der Waals surface area contributed by atoms with Crippen molar-refractivity contribution in [3.05, 3.63) is 33.3 Å². The number of benzene rings is 1. The highest BCUT2D eigenvalue weighted by atomic mass is 79.9. The van der Waals surface area contributed by atoms with Crippen LogP contribution < -0.4 is 5.32 Å². The molecule has 0 aromatic heterocycles. The fourth-order valence-electron chi connectivity index (χ4n) is 2.52. The van der Waals surface area contributed by atoms with Crippen LogP contribution in [0.15, 0.2) is 22.7 Å². The van der Waals surface area contributed by atoms with E-state index in [1.807, 2.05) is 6.92 Å². The molecular formula is C15H20BrClN2O. The van der Waals surface area contributed by atoms with E-state index < -0.39 is 0 Å². The lowest BCUT2D eigenvalue weighted by Gasteiger charge is -2.29. The maximum atomic E-state index is 12.2. The second kappa shape index (κ2) is 7.43. The summed E-state index contributed by atoms with van der Waals surface area (Å²) in [5.74, 6) is -0.0658. The van der Waals surface area contributed by atoms with Gasteiger partial charge in [-0.1, -0.05) is 18.0 Å². The third kappa shape index (κ3) is 4.47. The predicted molar refractivity (Wildman–Crippen MR) is 86.4 cm³/mol. The largest absolute Gasteiger partial charge is 0.348 e. The zero-order chi connectivity index (χ0) is 14.5. The molecule has 3 nitrogen and oxygen atoms in total. The Hall–Kier alpha value is -0.580. The van der Waals surface area contributed by atoms with Crippen LogP contribution in [0.25, 0.3) is 0 Å². The smallest absolute Gasteiger partial charge is 0.251 e. The van der Waals surface area contributed by atoms with Gasteiger partial charge in [0.2, 0.25) is 0 Å². The standard InChI is InChI=1S/C15H20BrClN2O/c1-11(10-19-7-3-2-4-8-19)18-15(20)12-5-6-13(16)14(17)9-12/h5-6,9,11H,2-4,7-8,10H2,1H3,(H,18,20). The molecule has 1 saturated heterocycles. The fraction of sp³-hybridized carbons (Fsp3) is 0.533. The summed E-state index contributed by atoms with van der Waals surface area (Å²) < 4.78 is 0.803. The second-order valence-electron chi connectivity index (χ2n) is 5.36. The topological polar surface area (TPSA) is 32.3 Å². The van der Waals surface area contributed by atoms with Crippen molar-refractivity contribution in [1.29, 1.82) is 0 Å². The van der Waals surface area contributed by atoms with Gasteiger partial charge < -0.3 is 10.2 Å². The summed E-state index contributed by atoms with van der Waals surface area (Å²) in [7, 11) is 0. The average molecular weight is 360 g/mol. The van der Waals surface area contributed by atoms with Crippen LogP contribution >= 0.6 is 27.5 Å². The summed E-state index contributed by atoms with van der Waals surface area (Å²) in [6, 6.07) is 5.41. The second-order valence-corrected chi connectivity index (χ2v) is 6.63.